The van der Waals surface area contributed by atoms with Gasteiger partial charge in [0.05, 0.1) is 4.83 Å². The maximum Gasteiger partial charge on any atom is 0.0647 e. The Morgan fingerprint density at radius 1 is 0.824 bits per heavy atom. The molecule has 2 rings (SSSR count). The third-order valence-electron chi connectivity index (χ3n) is 2.55. The predicted molar refractivity (Wildman–Crippen MR) is 79.7 cm³/mol. The molecular weight excluding hydrogens is 272 g/mol. The van der Waals surface area contributed by atoms with E-state index in [0.29, 0.717) is 4.83 Å². The van der Waals surface area contributed by atoms with Crippen molar-refractivity contribution in [2.24, 2.45) is 0 Å². The van der Waals surface area contributed by atoms with Gasteiger partial charge in [0.2, 0.25) is 0 Å². The maximum atomic E-state index is 3.74. The summed E-state index contributed by atoms with van der Waals surface area (Å²) in [5.41, 5.74) is 3.96. The average Bonchev–Trinajstić information content (AvgIpc) is 2.42. The smallest absolute Gasteiger partial charge is 0.0647 e. The molecule has 0 saturated carbocycles. The fourth-order valence-corrected chi connectivity index (χ4v) is 2.49. The standard InChI is InChI=1S/C14H13Br.C2H6/c1-11-7-5-6-10-13(11)14(15)12-8-3-2-4-9-12;1-2/h2-10,14H,1H3;1-2H3. The first-order valence-corrected chi connectivity index (χ1v) is 6.95. The van der Waals surface area contributed by atoms with E-state index in [1.165, 1.54) is 16.7 Å². The summed E-state index contributed by atoms with van der Waals surface area (Å²) in [6.45, 7) is 6.15. The number of hydrogen-bond acceptors (Lipinski definition) is 0. The van der Waals surface area contributed by atoms with Crippen molar-refractivity contribution in [3.63, 3.8) is 0 Å². The van der Waals surface area contributed by atoms with Gasteiger partial charge in [-0.25, -0.2) is 0 Å². The third-order valence-corrected chi connectivity index (χ3v) is 3.58. The minimum atomic E-state index is 0.292. The lowest BCUT2D eigenvalue weighted by Gasteiger charge is -2.13. The van der Waals surface area contributed by atoms with E-state index in [4.69, 9.17) is 0 Å². The normalized spacial score (nSPS) is 11.3. The molecule has 0 aliphatic rings. The number of alkyl halides is 1. The van der Waals surface area contributed by atoms with E-state index >= 15 is 0 Å². The highest BCUT2D eigenvalue weighted by atomic mass is 79.9. The van der Waals surface area contributed by atoms with Gasteiger partial charge in [0, 0.05) is 0 Å². The van der Waals surface area contributed by atoms with Gasteiger partial charge in [-0.2, -0.15) is 0 Å². The van der Waals surface area contributed by atoms with Crippen molar-refractivity contribution in [1.82, 2.24) is 0 Å². The Hall–Kier alpha value is -1.08. The van der Waals surface area contributed by atoms with Gasteiger partial charge in [0.1, 0.15) is 0 Å². The molecule has 1 heteroatoms. The van der Waals surface area contributed by atoms with Crippen LogP contribution in [0.5, 0.6) is 0 Å². The van der Waals surface area contributed by atoms with Crippen molar-refractivity contribution in [2.75, 3.05) is 0 Å². The Kier molecular flexibility index (Phi) is 5.99. The van der Waals surface area contributed by atoms with Gasteiger partial charge in [-0.15, -0.1) is 0 Å². The fourth-order valence-electron chi connectivity index (χ4n) is 1.67. The van der Waals surface area contributed by atoms with Crippen molar-refractivity contribution in [2.45, 2.75) is 25.6 Å². The molecule has 0 radical (unpaired) electrons. The summed E-state index contributed by atoms with van der Waals surface area (Å²) in [4.78, 5) is 0.292. The minimum Gasteiger partial charge on any atom is -0.0786 e. The van der Waals surface area contributed by atoms with Crippen LogP contribution in [0.4, 0.5) is 0 Å². The van der Waals surface area contributed by atoms with Crippen molar-refractivity contribution >= 4 is 15.9 Å². The third kappa shape index (κ3) is 3.71. The molecule has 2 aromatic rings. The molecule has 0 heterocycles. The van der Waals surface area contributed by atoms with Gasteiger partial charge in [0.15, 0.2) is 0 Å². The van der Waals surface area contributed by atoms with Gasteiger partial charge in [0.25, 0.3) is 0 Å². The molecule has 0 aliphatic carbocycles. The second-order valence-electron chi connectivity index (χ2n) is 3.63. The fraction of sp³-hybridized carbons (Fsp3) is 0.250. The summed E-state index contributed by atoms with van der Waals surface area (Å²) in [5.74, 6) is 0. The zero-order chi connectivity index (χ0) is 12.7. The lowest BCUT2D eigenvalue weighted by molar-refractivity contribution is 1.14. The molecule has 0 aromatic heterocycles. The Morgan fingerprint density at radius 3 is 1.94 bits per heavy atom. The molecule has 0 bridgehead atoms. The molecule has 0 fully saturated rings. The highest BCUT2D eigenvalue weighted by molar-refractivity contribution is 9.09. The molecule has 0 spiro atoms. The van der Waals surface area contributed by atoms with Crippen LogP contribution in [0.3, 0.4) is 0 Å². The summed E-state index contributed by atoms with van der Waals surface area (Å²) in [5, 5.41) is 0. The maximum absolute atomic E-state index is 3.74. The molecule has 90 valence electrons. The second-order valence-corrected chi connectivity index (χ2v) is 4.55. The number of halogens is 1. The van der Waals surface area contributed by atoms with Crippen molar-refractivity contribution in [1.29, 1.82) is 0 Å². The van der Waals surface area contributed by atoms with Crippen molar-refractivity contribution in [3.8, 4) is 0 Å². The van der Waals surface area contributed by atoms with Crippen LogP contribution in [-0.2, 0) is 0 Å². The Bertz CT molecular complexity index is 434. The molecule has 1 atom stereocenters. The molecule has 1 unspecified atom stereocenters. The molecule has 0 nitrogen and oxygen atoms in total. The van der Waals surface area contributed by atoms with E-state index in [-0.39, 0.29) is 0 Å². The van der Waals surface area contributed by atoms with E-state index in [1.807, 2.05) is 19.9 Å². The number of rotatable bonds is 2. The van der Waals surface area contributed by atoms with E-state index in [0.717, 1.165) is 0 Å². The first-order valence-electron chi connectivity index (χ1n) is 6.03. The lowest BCUT2D eigenvalue weighted by atomic mass is 10.0. The molecule has 2 aromatic carbocycles. The molecular formula is C16H19Br. The summed E-state index contributed by atoms with van der Waals surface area (Å²) in [7, 11) is 0. The largest absolute Gasteiger partial charge is 0.0786 e. The van der Waals surface area contributed by atoms with Crippen LogP contribution < -0.4 is 0 Å². The van der Waals surface area contributed by atoms with Crippen LogP contribution in [-0.4, -0.2) is 0 Å². The van der Waals surface area contributed by atoms with Crippen molar-refractivity contribution < 1.29 is 0 Å². The predicted octanol–water partition coefficient (Wildman–Crippen LogP) is 5.51. The summed E-state index contributed by atoms with van der Waals surface area (Å²) in [6.07, 6.45) is 0. The van der Waals surface area contributed by atoms with Crippen LogP contribution >= 0.6 is 15.9 Å². The quantitative estimate of drug-likeness (QED) is 0.640. The SMILES string of the molecule is CC.Cc1ccccc1C(Br)c1ccccc1. The number of benzene rings is 2. The first-order chi connectivity index (χ1) is 8.29. The van der Waals surface area contributed by atoms with Gasteiger partial charge in [-0.1, -0.05) is 84.4 Å². The van der Waals surface area contributed by atoms with E-state index in [2.05, 4.69) is 71.4 Å². The molecule has 0 N–H and O–H groups in total. The summed E-state index contributed by atoms with van der Waals surface area (Å²) >= 11 is 3.74. The van der Waals surface area contributed by atoms with Crippen LogP contribution in [0.1, 0.15) is 35.4 Å². The van der Waals surface area contributed by atoms with Gasteiger partial charge in [-0.05, 0) is 23.6 Å². The average molecular weight is 291 g/mol. The van der Waals surface area contributed by atoms with E-state index in [1.54, 1.807) is 0 Å². The van der Waals surface area contributed by atoms with E-state index in [9.17, 15) is 0 Å². The zero-order valence-corrected chi connectivity index (χ0v) is 12.2. The number of aryl methyl sites for hydroxylation is 1. The van der Waals surface area contributed by atoms with Crippen LogP contribution in [0.2, 0.25) is 0 Å². The molecule has 0 amide bonds. The second kappa shape index (κ2) is 7.29. The Morgan fingerprint density at radius 2 is 1.35 bits per heavy atom. The molecule has 0 saturated heterocycles. The van der Waals surface area contributed by atoms with Crippen molar-refractivity contribution in [3.05, 3.63) is 71.3 Å². The topological polar surface area (TPSA) is 0 Å². The summed E-state index contributed by atoms with van der Waals surface area (Å²) < 4.78 is 0. The van der Waals surface area contributed by atoms with Gasteiger partial charge >= 0.3 is 0 Å². The van der Waals surface area contributed by atoms with Crippen LogP contribution in [0, 0.1) is 6.92 Å². The monoisotopic (exact) mass is 290 g/mol. The molecule has 0 aliphatic heterocycles. The Balaban J connectivity index is 0.000000686. The summed E-state index contributed by atoms with van der Waals surface area (Å²) in [6, 6.07) is 18.9. The molecule has 17 heavy (non-hydrogen) atoms. The van der Waals surface area contributed by atoms with Crippen LogP contribution in [0.25, 0.3) is 0 Å². The zero-order valence-electron chi connectivity index (χ0n) is 10.7. The highest BCUT2D eigenvalue weighted by Gasteiger charge is 2.10. The van der Waals surface area contributed by atoms with E-state index < -0.39 is 0 Å². The minimum absolute atomic E-state index is 0.292. The first kappa shape index (κ1) is 14.0. The Labute approximate surface area is 113 Å². The van der Waals surface area contributed by atoms with Crippen LogP contribution in [0.15, 0.2) is 54.6 Å². The lowest BCUT2D eigenvalue weighted by Crippen LogP contribution is -1.94. The highest BCUT2D eigenvalue weighted by Crippen LogP contribution is 2.32. The van der Waals surface area contributed by atoms with Gasteiger partial charge < -0.3 is 0 Å². The number of hydrogen-bond donors (Lipinski definition) is 0. The van der Waals surface area contributed by atoms with Gasteiger partial charge in [-0.3, -0.25) is 0 Å².